The Morgan fingerprint density at radius 2 is 2.00 bits per heavy atom. The molecule has 2 amide bonds. The topological polar surface area (TPSA) is 150 Å². The van der Waals surface area contributed by atoms with Gasteiger partial charge in [0.05, 0.1) is 12.0 Å². The van der Waals surface area contributed by atoms with Gasteiger partial charge in [0, 0.05) is 10.1 Å². The van der Waals surface area contributed by atoms with Crippen LogP contribution >= 0.6 is 23.1 Å². The van der Waals surface area contributed by atoms with Crippen LogP contribution in [0.5, 0.6) is 0 Å². The van der Waals surface area contributed by atoms with E-state index in [2.05, 4.69) is 22.4 Å². The molecule has 174 valence electrons. The molecule has 3 N–H and O–H groups in total. The molecule has 1 aliphatic carbocycles. The predicted molar refractivity (Wildman–Crippen MR) is 119 cm³/mol. The second kappa shape index (κ2) is 10.1. The van der Waals surface area contributed by atoms with Gasteiger partial charge < -0.3 is 30.7 Å². The van der Waals surface area contributed by atoms with Crippen molar-refractivity contribution in [1.82, 2.24) is 15.2 Å². The van der Waals surface area contributed by atoms with Crippen molar-refractivity contribution < 1.29 is 53.9 Å². The van der Waals surface area contributed by atoms with E-state index in [1.807, 2.05) is 0 Å². The Hall–Kier alpha value is -1.34. The van der Waals surface area contributed by atoms with Crippen molar-refractivity contribution in [2.75, 3.05) is 5.73 Å². The zero-order chi connectivity index (χ0) is 23.2. The zero-order valence-corrected chi connectivity index (χ0v) is 22.7. The summed E-state index contributed by atoms with van der Waals surface area (Å²) in [6.45, 7) is 5.68. The van der Waals surface area contributed by atoms with E-state index in [1.54, 1.807) is 19.2 Å². The number of carboxylic acids is 1. The Labute approximate surface area is 222 Å². The molecule has 0 spiro atoms. The third kappa shape index (κ3) is 5.19. The van der Waals surface area contributed by atoms with Gasteiger partial charge in [-0.15, -0.1) is 23.1 Å². The maximum atomic E-state index is 13.1. The average molecular weight is 504 g/mol. The van der Waals surface area contributed by atoms with Crippen LogP contribution in [0.2, 0.25) is 0 Å². The number of nitrogen functional groups attached to an aromatic ring is 1. The number of β-lactam (4-membered cyclic amide) rings is 1. The number of nitrogens with two attached hydrogens (primary N) is 1. The molecule has 3 aliphatic rings. The van der Waals surface area contributed by atoms with Crippen LogP contribution in [0.4, 0.5) is 5.13 Å². The minimum atomic E-state index is -1.31. The number of hydrogen-bond donors (Lipinski definition) is 2. The molecular formula is C20H26N5NaO5S2. The zero-order valence-electron chi connectivity index (χ0n) is 19.1. The van der Waals surface area contributed by atoms with Gasteiger partial charge in [-0.2, -0.15) is 0 Å². The molecule has 0 radical (unpaired) electrons. The molecule has 1 aromatic heterocycles. The average Bonchev–Trinajstić information content (AvgIpc) is 3.26. The van der Waals surface area contributed by atoms with Crippen molar-refractivity contribution >= 4 is 51.7 Å². The summed E-state index contributed by atoms with van der Waals surface area (Å²) >= 11 is 2.49. The number of hydrogen-bond acceptors (Lipinski definition) is 10. The number of carboxylic acid groups (broad SMARTS) is 1. The fourth-order valence-corrected chi connectivity index (χ4v) is 6.57. The third-order valence-electron chi connectivity index (χ3n) is 6.19. The first kappa shape index (κ1) is 26.3. The summed E-state index contributed by atoms with van der Waals surface area (Å²) in [6.07, 6.45) is 3.69. The van der Waals surface area contributed by atoms with Gasteiger partial charge in [-0.25, -0.2) is 4.98 Å². The SMILES string of the molecule is CC1CCC(O/N=C(\C(=O)N[C@H]2C(=O)N3[C@@H]2SC(C)(C)[C@@H]3C(=O)[O-])c2csc(N)n2)CC1.[Na+]. The van der Waals surface area contributed by atoms with Gasteiger partial charge in [-0.1, -0.05) is 12.1 Å². The standard InChI is InChI=1S/C20H27N5O5S2.Na/c1-9-4-6-10(7-5-9)30-24-12(11-8-31-19(21)22-11)15(26)23-13-16(27)25-14(18(28)29)20(2,3)32-17(13)25;/h8-10,13-14,17H,4-7H2,1-3H3,(H2,21,22)(H,23,26)(H,28,29);/q;+1/p-1/b24-12-;/t9?,10?,13-,14-,17+;/m0./s1. The molecule has 3 fully saturated rings. The van der Waals surface area contributed by atoms with Crippen molar-refractivity contribution in [2.24, 2.45) is 11.1 Å². The first-order chi connectivity index (χ1) is 15.1. The summed E-state index contributed by atoms with van der Waals surface area (Å²) in [4.78, 5) is 48.4. The second-order valence-electron chi connectivity index (χ2n) is 9.03. The molecule has 0 aromatic carbocycles. The van der Waals surface area contributed by atoms with Crippen LogP contribution in [-0.2, 0) is 19.2 Å². The Balaban J connectivity index is 0.00000306. The van der Waals surface area contributed by atoms with Crippen LogP contribution in [0.15, 0.2) is 10.5 Å². The number of amides is 2. The largest absolute Gasteiger partial charge is 1.00 e. The van der Waals surface area contributed by atoms with Crippen molar-refractivity contribution in [3.05, 3.63) is 11.1 Å². The van der Waals surface area contributed by atoms with Crippen LogP contribution in [0, 0.1) is 5.92 Å². The minimum Gasteiger partial charge on any atom is -0.548 e. The fourth-order valence-electron chi connectivity index (χ4n) is 4.40. The van der Waals surface area contributed by atoms with Crippen molar-refractivity contribution in [2.45, 2.75) is 74.8 Å². The quantitative estimate of drug-likeness (QED) is 0.185. The Kier molecular flexibility index (Phi) is 8.04. The van der Waals surface area contributed by atoms with E-state index in [0.717, 1.165) is 25.7 Å². The molecule has 2 saturated heterocycles. The van der Waals surface area contributed by atoms with Crippen molar-refractivity contribution in [3.63, 3.8) is 0 Å². The van der Waals surface area contributed by atoms with E-state index in [4.69, 9.17) is 10.6 Å². The number of nitrogens with one attached hydrogen (secondary N) is 1. The van der Waals surface area contributed by atoms with Crippen LogP contribution in [0.3, 0.4) is 0 Å². The summed E-state index contributed by atoms with van der Waals surface area (Å²) in [6, 6.07) is -1.92. The molecule has 3 atom stereocenters. The van der Waals surface area contributed by atoms with E-state index in [1.165, 1.54) is 28.0 Å². The first-order valence-electron chi connectivity index (χ1n) is 10.6. The van der Waals surface area contributed by atoms with Gasteiger partial charge in [0.25, 0.3) is 5.91 Å². The molecule has 33 heavy (non-hydrogen) atoms. The fraction of sp³-hybridized carbons (Fsp3) is 0.650. The van der Waals surface area contributed by atoms with Crippen molar-refractivity contribution in [1.29, 1.82) is 0 Å². The van der Waals surface area contributed by atoms with Gasteiger partial charge >= 0.3 is 29.6 Å². The number of carbonyl (C=O) groups is 3. The Bertz CT molecular complexity index is 962. The summed E-state index contributed by atoms with van der Waals surface area (Å²) in [5.74, 6) is -1.74. The number of nitrogens with zero attached hydrogens (tertiary/aromatic N) is 3. The van der Waals surface area contributed by atoms with Crippen LogP contribution < -0.4 is 45.7 Å². The summed E-state index contributed by atoms with van der Waals surface area (Å²) in [5.41, 5.74) is 5.94. The van der Waals surface area contributed by atoms with Gasteiger partial charge in [0.15, 0.2) is 10.8 Å². The van der Waals surface area contributed by atoms with Gasteiger partial charge in [0.2, 0.25) is 5.91 Å². The number of carbonyl (C=O) groups excluding carboxylic acids is 3. The molecule has 4 rings (SSSR count). The van der Waals surface area contributed by atoms with Gasteiger partial charge in [-0.05, 0) is 45.4 Å². The smallest absolute Gasteiger partial charge is 0.548 e. The van der Waals surface area contributed by atoms with Gasteiger partial charge in [-0.3, -0.25) is 9.59 Å². The first-order valence-corrected chi connectivity index (χ1v) is 12.3. The second-order valence-corrected chi connectivity index (χ2v) is 11.7. The number of aromatic nitrogens is 1. The number of oxime groups is 1. The van der Waals surface area contributed by atoms with Gasteiger partial charge in [0.1, 0.15) is 23.2 Å². The van der Waals surface area contributed by atoms with E-state index >= 15 is 0 Å². The third-order valence-corrected chi connectivity index (χ3v) is 8.43. The van der Waals surface area contributed by atoms with Crippen LogP contribution in [-0.4, -0.2) is 61.7 Å². The molecule has 0 bridgehead atoms. The number of thiazole rings is 1. The summed E-state index contributed by atoms with van der Waals surface area (Å²) in [7, 11) is 0. The van der Waals surface area contributed by atoms with Crippen LogP contribution in [0.25, 0.3) is 0 Å². The molecular weight excluding hydrogens is 477 g/mol. The molecule has 13 heteroatoms. The summed E-state index contributed by atoms with van der Waals surface area (Å²) < 4.78 is -0.736. The van der Waals surface area contributed by atoms with E-state index in [-0.39, 0.29) is 52.2 Å². The molecule has 1 saturated carbocycles. The number of aliphatic carboxylic acids is 1. The normalized spacial score (nSPS) is 30.6. The van der Waals surface area contributed by atoms with E-state index in [0.29, 0.717) is 5.92 Å². The number of thioether (sulfide) groups is 1. The molecule has 10 nitrogen and oxygen atoms in total. The van der Waals surface area contributed by atoms with E-state index < -0.39 is 40.0 Å². The number of anilines is 1. The van der Waals surface area contributed by atoms with Crippen LogP contribution in [0.1, 0.15) is 52.1 Å². The molecule has 3 heterocycles. The Morgan fingerprint density at radius 1 is 1.33 bits per heavy atom. The molecule has 1 aromatic rings. The van der Waals surface area contributed by atoms with Crippen molar-refractivity contribution in [3.8, 4) is 0 Å². The van der Waals surface area contributed by atoms with E-state index in [9.17, 15) is 19.5 Å². The molecule has 2 aliphatic heterocycles. The molecule has 0 unspecified atom stereocenters. The maximum Gasteiger partial charge on any atom is 1.00 e. The number of rotatable bonds is 6. The number of fused-ring (bicyclic) bond motifs is 1. The minimum absolute atomic E-state index is 0. The Morgan fingerprint density at radius 3 is 2.58 bits per heavy atom. The summed E-state index contributed by atoms with van der Waals surface area (Å²) in [5, 5.41) is 19.8. The maximum absolute atomic E-state index is 13.1. The monoisotopic (exact) mass is 503 g/mol. The predicted octanol–water partition coefficient (Wildman–Crippen LogP) is -2.67.